The number of likely N-dealkylation sites (tertiary alicyclic amines) is 1. The van der Waals surface area contributed by atoms with Gasteiger partial charge in [0.15, 0.2) is 0 Å². The van der Waals surface area contributed by atoms with Crippen LogP contribution >= 0.6 is 0 Å². The van der Waals surface area contributed by atoms with Gasteiger partial charge in [-0.15, -0.1) is 0 Å². The van der Waals surface area contributed by atoms with E-state index < -0.39 is 10.0 Å². The minimum atomic E-state index is -3.45. The molecule has 1 aromatic carbocycles. The van der Waals surface area contributed by atoms with Crippen LogP contribution in [0.15, 0.2) is 29.2 Å². The molecule has 1 aliphatic heterocycles. The smallest absolute Gasteiger partial charge is 0.243 e. The quantitative estimate of drug-likeness (QED) is 0.697. The largest absolute Gasteiger partial charge is 0.351 e. The van der Waals surface area contributed by atoms with Gasteiger partial charge in [-0.3, -0.25) is 9.69 Å². The first-order chi connectivity index (χ1) is 12.8. The van der Waals surface area contributed by atoms with E-state index in [1.54, 1.807) is 24.3 Å². The van der Waals surface area contributed by atoms with E-state index in [2.05, 4.69) is 24.1 Å². The van der Waals surface area contributed by atoms with E-state index in [1.165, 1.54) is 4.31 Å². The first kappa shape index (κ1) is 21.9. The third-order valence-electron chi connectivity index (χ3n) is 5.17. The van der Waals surface area contributed by atoms with E-state index in [0.29, 0.717) is 24.5 Å². The molecule has 1 aromatic rings. The predicted molar refractivity (Wildman–Crippen MR) is 108 cm³/mol. The second-order valence-corrected chi connectivity index (χ2v) is 9.32. The zero-order chi connectivity index (χ0) is 20.0. The Morgan fingerprint density at radius 1 is 1.11 bits per heavy atom. The highest BCUT2D eigenvalue weighted by atomic mass is 32.2. The van der Waals surface area contributed by atoms with Gasteiger partial charge in [-0.05, 0) is 49.5 Å². The molecule has 0 saturated carbocycles. The van der Waals surface area contributed by atoms with Crippen molar-refractivity contribution in [1.82, 2.24) is 14.5 Å². The Morgan fingerprint density at radius 3 is 2.15 bits per heavy atom. The van der Waals surface area contributed by atoms with Crippen molar-refractivity contribution in [2.75, 3.05) is 26.2 Å². The zero-order valence-corrected chi connectivity index (χ0v) is 17.8. The fourth-order valence-corrected chi connectivity index (χ4v) is 5.15. The zero-order valence-electron chi connectivity index (χ0n) is 16.9. The summed E-state index contributed by atoms with van der Waals surface area (Å²) in [5.74, 6) is 0.302. The Labute approximate surface area is 164 Å². The summed E-state index contributed by atoms with van der Waals surface area (Å²) < 4.78 is 26.5. The summed E-state index contributed by atoms with van der Waals surface area (Å²) in [7, 11) is -3.45. The number of sulfonamides is 1. The summed E-state index contributed by atoms with van der Waals surface area (Å²) in [5, 5.41) is 3.02. The topological polar surface area (TPSA) is 69.7 Å². The molecule has 7 heteroatoms. The highest BCUT2D eigenvalue weighted by Gasteiger charge is 2.30. The molecule has 1 aliphatic rings. The third kappa shape index (κ3) is 5.30. The number of rotatable bonds is 9. The van der Waals surface area contributed by atoms with Gasteiger partial charge < -0.3 is 5.32 Å². The molecule has 1 saturated heterocycles. The lowest BCUT2D eigenvalue weighted by Gasteiger charge is -2.29. The number of carbonyl (C=O) groups is 1. The Balaban J connectivity index is 2.01. The molecule has 152 valence electrons. The lowest BCUT2D eigenvalue weighted by molar-refractivity contribution is -0.127. The second-order valence-electron chi connectivity index (χ2n) is 7.38. The lowest BCUT2D eigenvalue weighted by Crippen LogP contribution is -2.48. The second kappa shape index (κ2) is 9.66. The van der Waals surface area contributed by atoms with Crippen LogP contribution in [-0.2, 0) is 21.4 Å². The fourth-order valence-electron chi connectivity index (χ4n) is 3.70. The van der Waals surface area contributed by atoms with E-state index in [1.807, 2.05) is 13.8 Å². The van der Waals surface area contributed by atoms with Crippen LogP contribution in [0.5, 0.6) is 0 Å². The van der Waals surface area contributed by atoms with Gasteiger partial charge in [-0.1, -0.05) is 39.8 Å². The van der Waals surface area contributed by atoms with Crippen molar-refractivity contribution in [3.05, 3.63) is 29.8 Å². The van der Waals surface area contributed by atoms with Crippen molar-refractivity contribution < 1.29 is 13.2 Å². The van der Waals surface area contributed by atoms with Gasteiger partial charge in [0, 0.05) is 19.6 Å². The van der Waals surface area contributed by atoms with Crippen LogP contribution < -0.4 is 5.32 Å². The van der Waals surface area contributed by atoms with Crippen LogP contribution in [0, 0.1) is 5.92 Å². The molecule has 0 unspecified atom stereocenters. The molecule has 1 heterocycles. The SMILES string of the molecule is CCN(CC)S(=O)(=O)c1ccc(CNC(=O)[C@@H](C(C)C)N2CCCC2)cc1. The van der Waals surface area contributed by atoms with E-state index in [9.17, 15) is 13.2 Å². The summed E-state index contributed by atoms with van der Waals surface area (Å²) in [6.45, 7) is 11.1. The summed E-state index contributed by atoms with van der Waals surface area (Å²) in [6.07, 6.45) is 2.30. The van der Waals surface area contributed by atoms with Gasteiger partial charge in [0.2, 0.25) is 15.9 Å². The maximum Gasteiger partial charge on any atom is 0.243 e. The van der Waals surface area contributed by atoms with Gasteiger partial charge >= 0.3 is 0 Å². The van der Waals surface area contributed by atoms with Crippen molar-refractivity contribution >= 4 is 15.9 Å². The molecular formula is C20H33N3O3S. The minimum Gasteiger partial charge on any atom is -0.351 e. The van der Waals surface area contributed by atoms with Crippen molar-refractivity contribution in [2.45, 2.75) is 58.0 Å². The number of nitrogens with one attached hydrogen (secondary N) is 1. The number of hydrogen-bond acceptors (Lipinski definition) is 4. The molecule has 1 atom stereocenters. The van der Waals surface area contributed by atoms with E-state index in [-0.39, 0.29) is 17.9 Å². The molecule has 0 bridgehead atoms. The lowest BCUT2D eigenvalue weighted by atomic mass is 10.0. The maximum atomic E-state index is 12.7. The van der Waals surface area contributed by atoms with Crippen LogP contribution in [0.3, 0.4) is 0 Å². The summed E-state index contributed by atoms with van der Waals surface area (Å²) >= 11 is 0. The molecule has 0 aliphatic carbocycles. The normalized spacial score (nSPS) is 16.8. The summed E-state index contributed by atoms with van der Waals surface area (Å²) in [6, 6.07) is 6.69. The molecule has 1 N–H and O–H groups in total. The average molecular weight is 396 g/mol. The van der Waals surface area contributed by atoms with Gasteiger partial charge in [-0.2, -0.15) is 4.31 Å². The minimum absolute atomic E-state index is 0.0479. The van der Waals surface area contributed by atoms with Crippen LogP contribution in [-0.4, -0.2) is 55.8 Å². The highest BCUT2D eigenvalue weighted by molar-refractivity contribution is 7.89. The van der Waals surface area contributed by atoms with Crippen molar-refractivity contribution in [3.63, 3.8) is 0 Å². The van der Waals surface area contributed by atoms with Crippen LogP contribution in [0.4, 0.5) is 0 Å². The average Bonchev–Trinajstić information content (AvgIpc) is 3.15. The highest BCUT2D eigenvalue weighted by Crippen LogP contribution is 2.19. The predicted octanol–water partition coefficient (Wildman–Crippen LogP) is 2.45. The molecule has 27 heavy (non-hydrogen) atoms. The summed E-state index contributed by atoms with van der Waals surface area (Å²) in [4.78, 5) is 15.2. The first-order valence-corrected chi connectivity index (χ1v) is 11.4. The molecule has 1 fully saturated rings. The Hall–Kier alpha value is -1.44. The number of hydrogen-bond donors (Lipinski definition) is 1. The van der Waals surface area contributed by atoms with Crippen LogP contribution in [0.2, 0.25) is 0 Å². The van der Waals surface area contributed by atoms with Crippen LogP contribution in [0.1, 0.15) is 46.1 Å². The van der Waals surface area contributed by atoms with Gasteiger partial charge in [0.05, 0.1) is 10.9 Å². The maximum absolute atomic E-state index is 12.7. The molecule has 6 nitrogen and oxygen atoms in total. The molecule has 0 radical (unpaired) electrons. The Morgan fingerprint density at radius 2 is 1.67 bits per heavy atom. The Kier molecular flexibility index (Phi) is 7.82. The molecule has 1 amide bonds. The molecule has 0 spiro atoms. The first-order valence-electron chi connectivity index (χ1n) is 9.92. The number of benzene rings is 1. The van der Waals surface area contributed by atoms with Gasteiger partial charge in [0.25, 0.3) is 0 Å². The van der Waals surface area contributed by atoms with E-state index in [4.69, 9.17) is 0 Å². The van der Waals surface area contributed by atoms with Crippen molar-refractivity contribution in [2.24, 2.45) is 5.92 Å². The number of amides is 1. The van der Waals surface area contributed by atoms with Crippen LogP contribution in [0.25, 0.3) is 0 Å². The molecule has 2 rings (SSSR count). The monoisotopic (exact) mass is 395 g/mol. The van der Waals surface area contributed by atoms with E-state index in [0.717, 1.165) is 31.5 Å². The van der Waals surface area contributed by atoms with Crippen molar-refractivity contribution in [1.29, 1.82) is 0 Å². The van der Waals surface area contributed by atoms with Crippen molar-refractivity contribution in [3.8, 4) is 0 Å². The molecule has 0 aromatic heterocycles. The fraction of sp³-hybridized carbons (Fsp3) is 0.650. The summed E-state index contributed by atoms with van der Waals surface area (Å²) in [5.41, 5.74) is 0.894. The standard InChI is InChI=1S/C20H33N3O3S/c1-5-23(6-2)27(25,26)18-11-9-17(10-12-18)15-21-20(24)19(16(3)4)22-13-7-8-14-22/h9-12,16,19H,5-8,13-15H2,1-4H3,(H,21,24)/t19-/m1/s1. The number of carbonyl (C=O) groups excluding carboxylic acids is 1. The number of nitrogens with zero attached hydrogens (tertiary/aromatic N) is 2. The van der Waals surface area contributed by atoms with Gasteiger partial charge in [0.1, 0.15) is 0 Å². The van der Waals surface area contributed by atoms with E-state index >= 15 is 0 Å². The Bertz CT molecular complexity index is 706. The van der Waals surface area contributed by atoms with Gasteiger partial charge in [-0.25, -0.2) is 8.42 Å². The molecular weight excluding hydrogens is 362 g/mol. The third-order valence-corrected chi connectivity index (χ3v) is 7.23.